The second-order valence-electron chi connectivity index (χ2n) is 7.59. The Morgan fingerprint density at radius 2 is 0.833 bits per heavy atom. The van der Waals surface area contributed by atoms with E-state index in [0.717, 1.165) is 64.2 Å². The topological polar surface area (TPSA) is 74.6 Å². The van der Waals surface area contributed by atoms with Crippen molar-refractivity contribution in [3.8, 4) is 0 Å². The number of hydrogen-bond donors (Lipinski definition) is 2. The molecule has 2 aromatic carbocycles. The van der Waals surface area contributed by atoms with Crippen molar-refractivity contribution < 1.29 is 19.8 Å². The number of rotatable bonds is 14. The lowest BCUT2D eigenvalue weighted by Gasteiger charge is -2.00. The maximum atomic E-state index is 10.3. The molecule has 0 saturated heterocycles. The average molecular weight is 413 g/mol. The summed E-state index contributed by atoms with van der Waals surface area (Å²) >= 11 is 0. The van der Waals surface area contributed by atoms with Crippen LogP contribution < -0.4 is 0 Å². The molecule has 0 atom stereocenters. The first-order valence-electron chi connectivity index (χ1n) is 11.1. The van der Waals surface area contributed by atoms with Crippen molar-refractivity contribution in [3.63, 3.8) is 0 Å². The molecule has 0 bridgehead atoms. The number of carboxylic acids is 2. The van der Waals surface area contributed by atoms with Crippen LogP contribution in [0.3, 0.4) is 0 Å². The van der Waals surface area contributed by atoms with Gasteiger partial charge in [0.05, 0.1) is 0 Å². The van der Waals surface area contributed by atoms with E-state index in [0.29, 0.717) is 12.8 Å². The molecule has 0 spiro atoms. The molecule has 2 N–H and O–H groups in total. The van der Waals surface area contributed by atoms with Gasteiger partial charge in [0, 0.05) is 12.8 Å². The molecule has 4 nitrogen and oxygen atoms in total. The van der Waals surface area contributed by atoms with E-state index in [1.165, 1.54) is 11.1 Å². The largest absolute Gasteiger partial charge is 0.481 e. The van der Waals surface area contributed by atoms with Crippen molar-refractivity contribution in [2.75, 3.05) is 0 Å². The van der Waals surface area contributed by atoms with E-state index in [4.69, 9.17) is 10.2 Å². The second kappa shape index (κ2) is 17.3. The maximum absolute atomic E-state index is 10.3. The number of aryl methyl sites for hydroxylation is 2. The van der Waals surface area contributed by atoms with E-state index in [9.17, 15) is 9.59 Å². The molecule has 0 heterocycles. The Bertz CT molecular complexity index is 621. The van der Waals surface area contributed by atoms with Crippen molar-refractivity contribution in [3.05, 3.63) is 71.8 Å². The average Bonchev–Trinajstić information content (AvgIpc) is 2.75. The van der Waals surface area contributed by atoms with Crippen molar-refractivity contribution in [1.29, 1.82) is 0 Å². The first-order valence-corrected chi connectivity index (χ1v) is 11.1. The van der Waals surface area contributed by atoms with Crippen LogP contribution in [0.15, 0.2) is 60.7 Å². The molecule has 164 valence electrons. The van der Waals surface area contributed by atoms with Crippen molar-refractivity contribution >= 4 is 11.9 Å². The summed E-state index contributed by atoms with van der Waals surface area (Å²) in [5, 5.41) is 16.9. The predicted octanol–water partition coefficient (Wildman–Crippen LogP) is 6.53. The molecule has 0 aliphatic rings. The van der Waals surface area contributed by atoms with Gasteiger partial charge in [-0.25, -0.2) is 0 Å². The Morgan fingerprint density at radius 1 is 0.500 bits per heavy atom. The summed E-state index contributed by atoms with van der Waals surface area (Å²) in [6.45, 7) is 0. The Balaban J connectivity index is 0.000000300. The summed E-state index contributed by atoms with van der Waals surface area (Å²) in [7, 11) is 0. The Hall–Kier alpha value is -2.62. The first kappa shape index (κ1) is 25.4. The van der Waals surface area contributed by atoms with Gasteiger partial charge >= 0.3 is 11.9 Å². The molecule has 0 aromatic heterocycles. The third-order valence-electron chi connectivity index (χ3n) is 4.90. The molecule has 0 saturated carbocycles. The van der Waals surface area contributed by atoms with E-state index in [-0.39, 0.29) is 0 Å². The van der Waals surface area contributed by atoms with Gasteiger partial charge in [0.25, 0.3) is 0 Å². The van der Waals surface area contributed by atoms with Crippen LogP contribution in [0.5, 0.6) is 0 Å². The molecule has 4 heteroatoms. The summed E-state index contributed by atoms with van der Waals surface area (Å²) in [6, 6.07) is 20.8. The highest BCUT2D eigenvalue weighted by Crippen LogP contribution is 2.09. The summed E-state index contributed by atoms with van der Waals surface area (Å²) in [5.74, 6) is -1.36. The van der Waals surface area contributed by atoms with Crippen LogP contribution in [-0.2, 0) is 22.4 Å². The molecule has 0 aliphatic carbocycles. The van der Waals surface area contributed by atoms with Gasteiger partial charge in [-0.3, -0.25) is 9.59 Å². The van der Waals surface area contributed by atoms with Crippen LogP contribution in [0.1, 0.15) is 75.3 Å². The smallest absolute Gasteiger partial charge is 0.303 e. The van der Waals surface area contributed by atoms with E-state index in [1.54, 1.807) is 0 Å². The third kappa shape index (κ3) is 15.3. The van der Waals surface area contributed by atoms with Crippen LogP contribution in [0.2, 0.25) is 0 Å². The zero-order valence-electron chi connectivity index (χ0n) is 18.0. The highest BCUT2D eigenvalue weighted by atomic mass is 16.4. The van der Waals surface area contributed by atoms with Gasteiger partial charge < -0.3 is 10.2 Å². The lowest BCUT2D eigenvalue weighted by molar-refractivity contribution is -0.138. The first-order chi connectivity index (χ1) is 14.6. The molecule has 0 radical (unpaired) electrons. The highest BCUT2D eigenvalue weighted by Gasteiger charge is 1.98. The summed E-state index contributed by atoms with van der Waals surface area (Å²) in [4.78, 5) is 20.5. The minimum Gasteiger partial charge on any atom is -0.481 e. The molecule has 0 amide bonds. The third-order valence-corrected chi connectivity index (χ3v) is 4.90. The Kier molecular flexibility index (Phi) is 14.6. The van der Waals surface area contributed by atoms with E-state index < -0.39 is 11.9 Å². The van der Waals surface area contributed by atoms with Gasteiger partial charge in [-0.05, 0) is 49.7 Å². The molecule has 30 heavy (non-hydrogen) atoms. The fourth-order valence-electron chi connectivity index (χ4n) is 3.21. The number of carbonyl (C=O) groups is 2. The number of unbranched alkanes of at least 4 members (excludes halogenated alkanes) is 6. The molecule has 0 fully saturated rings. The van der Waals surface area contributed by atoms with Crippen LogP contribution in [0, 0.1) is 0 Å². The fraction of sp³-hybridized carbons (Fsp3) is 0.462. The second-order valence-corrected chi connectivity index (χ2v) is 7.59. The Morgan fingerprint density at radius 3 is 1.17 bits per heavy atom. The molecular formula is C26H36O4. The van der Waals surface area contributed by atoms with Gasteiger partial charge in [0.2, 0.25) is 0 Å². The van der Waals surface area contributed by atoms with Gasteiger partial charge in [0.15, 0.2) is 0 Å². The molecule has 0 aliphatic heterocycles. The standard InChI is InChI=1S/2C13H18O2/c2*14-13(15)11-7-2-1-4-8-12-9-5-3-6-10-12/h2*3,5-6,9-10H,1-2,4,7-8,11H2,(H,14,15). The molecule has 0 unspecified atom stereocenters. The summed E-state index contributed by atoms with van der Waals surface area (Å²) < 4.78 is 0. The van der Waals surface area contributed by atoms with Crippen LogP contribution in [0.25, 0.3) is 0 Å². The van der Waals surface area contributed by atoms with Crippen molar-refractivity contribution in [1.82, 2.24) is 0 Å². The number of carboxylic acid groups (broad SMARTS) is 2. The normalized spacial score (nSPS) is 10.1. The van der Waals surface area contributed by atoms with Crippen LogP contribution in [-0.4, -0.2) is 22.2 Å². The van der Waals surface area contributed by atoms with Crippen LogP contribution >= 0.6 is 0 Å². The zero-order valence-corrected chi connectivity index (χ0v) is 18.0. The maximum Gasteiger partial charge on any atom is 0.303 e. The predicted molar refractivity (Wildman–Crippen MR) is 122 cm³/mol. The van der Waals surface area contributed by atoms with E-state index >= 15 is 0 Å². The molecular weight excluding hydrogens is 376 g/mol. The van der Waals surface area contributed by atoms with Gasteiger partial charge in [-0.1, -0.05) is 86.3 Å². The number of aliphatic carboxylic acids is 2. The van der Waals surface area contributed by atoms with E-state index in [2.05, 4.69) is 48.5 Å². The van der Waals surface area contributed by atoms with Gasteiger partial charge in [0.1, 0.15) is 0 Å². The fourth-order valence-corrected chi connectivity index (χ4v) is 3.21. The van der Waals surface area contributed by atoms with Crippen LogP contribution in [0.4, 0.5) is 0 Å². The number of benzene rings is 2. The lowest BCUT2D eigenvalue weighted by Crippen LogP contribution is -1.93. The van der Waals surface area contributed by atoms with Gasteiger partial charge in [-0.2, -0.15) is 0 Å². The lowest BCUT2D eigenvalue weighted by atomic mass is 10.1. The minimum atomic E-state index is -0.682. The Labute approximate surface area is 181 Å². The minimum absolute atomic E-state index is 0.311. The quantitative estimate of drug-likeness (QED) is 0.346. The SMILES string of the molecule is O=C(O)CCCCCCc1ccccc1.O=C(O)CCCCCCc1ccccc1. The summed E-state index contributed by atoms with van der Waals surface area (Å²) in [5.41, 5.74) is 2.74. The van der Waals surface area contributed by atoms with Gasteiger partial charge in [-0.15, -0.1) is 0 Å². The zero-order chi connectivity index (χ0) is 21.9. The molecule has 2 rings (SSSR count). The summed E-state index contributed by atoms with van der Waals surface area (Å²) in [6.07, 6.45) is 11.1. The number of hydrogen-bond acceptors (Lipinski definition) is 2. The highest BCUT2D eigenvalue weighted by molar-refractivity contribution is 5.66. The monoisotopic (exact) mass is 412 g/mol. The molecule has 2 aromatic rings. The van der Waals surface area contributed by atoms with Crippen molar-refractivity contribution in [2.24, 2.45) is 0 Å². The van der Waals surface area contributed by atoms with Crippen molar-refractivity contribution in [2.45, 2.75) is 77.0 Å². The van der Waals surface area contributed by atoms with E-state index in [1.807, 2.05) is 12.1 Å².